The van der Waals surface area contributed by atoms with E-state index in [0.717, 1.165) is 16.1 Å². The van der Waals surface area contributed by atoms with Crippen LogP contribution in [0, 0.1) is 6.92 Å². The van der Waals surface area contributed by atoms with Gasteiger partial charge in [-0.25, -0.2) is 0 Å². The largest absolute Gasteiger partial charge is 0.380 e. The molecule has 0 aliphatic heterocycles. The number of hydrogen-bond acceptors (Lipinski definition) is 4. The first-order valence-corrected chi connectivity index (χ1v) is 6.01. The SMILES string of the molecule is Cc1cc(C(C)(O)c2ccsc2)sn1. The zero-order valence-corrected chi connectivity index (χ0v) is 9.65. The van der Waals surface area contributed by atoms with Gasteiger partial charge in [0.25, 0.3) is 0 Å². The fraction of sp³-hybridized carbons (Fsp3) is 0.300. The van der Waals surface area contributed by atoms with Crippen molar-refractivity contribution in [3.05, 3.63) is 39.0 Å². The Morgan fingerprint density at radius 1 is 1.50 bits per heavy atom. The van der Waals surface area contributed by atoms with Crippen molar-refractivity contribution in [1.82, 2.24) is 4.37 Å². The Morgan fingerprint density at radius 2 is 2.29 bits per heavy atom. The van der Waals surface area contributed by atoms with E-state index < -0.39 is 5.60 Å². The molecule has 2 aromatic rings. The van der Waals surface area contributed by atoms with Crippen LogP contribution < -0.4 is 0 Å². The van der Waals surface area contributed by atoms with E-state index in [1.165, 1.54) is 11.5 Å². The number of aryl methyl sites for hydroxylation is 1. The summed E-state index contributed by atoms with van der Waals surface area (Å²) in [4.78, 5) is 0.897. The maximum atomic E-state index is 10.3. The molecule has 74 valence electrons. The molecule has 0 saturated carbocycles. The molecule has 2 rings (SSSR count). The molecule has 0 aromatic carbocycles. The lowest BCUT2D eigenvalue weighted by molar-refractivity contribution is 0.107. The first-order chi connectivity index (χ1) is 6.60. The summed E-state index contributed by atoms with van der Waals surface area (Å²) in [5.74, 6) is 0. The monoisotopic (exact) mass is 225 g/mol. The lowest BCUT2D eigenvalue weighted by atomic mass is 9.97. The molecule has 0 fully saturated rings. The van der Waals surface area contributed by atoms with Crippen LogP contribution >= 0.6 is 22.9 Å². The Morgan fingerprint density at radius 3 is 2.79 bits per heavy atom. The number of aliphatic hydroxyl groups is 1. The molecule has 2 aromatic heterocycles. The third-order valence-electron chi connectivity index (χ3n) is 2.19. The van der Waals surface area contributed by atoms with E-state index in [2.05, 4.69) is 4.37 Å². The van der Waals surface area contributed by atoms with Crippen molar-refractivity contribution in [2.75, 3.05) is 0 Å². The number of nitrogens with zero attached hydrogens (tertiary/aromatic N) is 1. The molecule has 0 spiro atoms. The van der Waals surface area contributed by atoms with Crippen molar-refractivity contribution in [3.8, 4) is 0 Å². The minimum atomic E-state index is -0.897. The van der Waals surface area contributed by atoms with Crippen LogP contribution in [-0.4, -0.2) is 9.48 Å². The van der Waals surface area contributed by atoms with Crippen LogP contribution in [-0.2, 0) is 5.60 Å². The Kier molecular flexibility index (Phi) is 2.43. The van der Waals surface area contributed by atoms with Crippen LogP contribution in [0.4, 0.5) is 0 Å². The van der Waals surface area contributed by atoms with Gasteiger partial charge in [-0.1, -0.05) is 0 Å². The Labute approximate surface area is 91.0 Å². The van der Waals surface area contributed by atoms with Gasteiger partial charge in [0.15, 0.2) is 0 Å². The minimum absolute atomic E-state index is 0.897. The second-order valence-electron chi connectivity index (χ2n) is 3.42. The lowest BCUT2D eigenvalue weighted by Crippen LogP contribution is -2.20. The first kappa shape index (κ1) is 9.83. The van der Waals surface area contributed by atoms with E-state index in [0.29, 0.717) is 0 Å². The van der Waals surface area contributed by atoms with Crippen LogP contribution in [0.5, 0.6) is 0 Å². The highest BCUT2D eigenvalue weighted by atomic mass is 32.1. The van der Waals surface area contributed by atoms with Crippen molar-refractivity contribution in [1.29, 1.82) is 0 Å². The Hall–Kier alpha value is -0.710. The fourth-order valence-corrected chi connectivity index (χ4v) is 2.85. The summed E-state index contributed by atoms with van der Waals surface area (Å²) in [6.07, 6.45) is 0. The molecule has 0 aliphatic rings. The van der Waals surface area contributed by atoms with E-state index in [-0.39, 0.29) is 0 Å². The van der Waals surface area contributed by atoms with E-state index in [1.807, 2.05) is 36.7 Å². The second-order valence-corrected chi connectivity index (χ2v) is 5.00. The second kappa shape index (κ2) is 3.46. The molecule has 1 unspecified atom stereocenters. The highest BCUT2D eigenvalue weighted by molar-refractivity contribution is 7.08. The Bertz CT molecular complexity index is 417. The van der Waals surface area contributed by atoms with Gasteiger partial charge >= 0.3 is 0 Å². The summed E-state index contributed by atoms with van der Waals surface area (Å²) in [7, 11) is 0. The first-order valence-electron chi connectivity index (χ1n) is 4.29. The molecule has 1 atom stereocenters. The standard InChI is InChI=1S/C10H11NOS2/c1-7-5-9(14-11-7)10(2,12)8-3-4-13-6-8/h3-6,12H,1-2H3. The van der Waals surface area contributed by atoms with Gasteiger partial charge in [0.2, 0.25) is 0 Å². The van der Waals surface area contributed by atoms with Gasteiger partial charge in [-0.05, 0) is 53.8 Å². The molecule has 4 heteroatoms. The summed E-state index contributed by atoms with van der Waals surface area (Å²) in [5.41, 5.74) is 0.998. The molecule has 1 N–H and O–H groups in total. The summed E-state index contributed by atoms with van der Waals surface area (Å²) >= 11 is 2.95. The van der Waals surface area contributed by atoms with Gasteiger partial charge in [0.05, 0.1) is 10.6 Å². The van der Waals surface area contributed by atoms with E-state index >= 15 is 0 Å². The number of aromatic nitrogens is 1. The van der Waals surface area contributed by atoms with Crippen LogP contribution in [0.1, 0.15) is 23.1 Å². The van der Waals surface area contributed by atoms with Crippen molar-refractivity contribution in [2.24, 2.45) is 0 Å². The zero-order valence-electron chi connectivity index (χ0n) is 8.02. The van der Waals surface area contributed by atoms with Crippen LogP contribution in [0.25, 0.3) is 0 Å². The minimum Gasteiger partial charge on any atom is -0.380 e. The van der Waals surface area contributed by atoms with Gasteiger partial charge < -0.3 is 5.11 Å². The number of thiophene rings is 1. The highest BCUT2D eigenvalue weighted by Gasteiger charge is 2.28. The quantitative estimate of drug-likeness (QED) is 0.852. The molecule has 0 radical (unpaired) electrons. The van der Waals surface area contributed by atoms with Gasteiger partial charge in [0.1, 0.15) is 5.60 Å². The number of hydrogen-bond donors (Lipinski definition) is 1. The molecule has 0 aliphatic carbocycles. The fourth-order valence-electron chi connectivity index (χ4n) is 1.28. The molecule has 0 saturated heterocycles. The summed E-state index contributed by atoms with van der Waals surface area (Å²) in [6, 6.07) is 3.88. The third-order valence-corrected chi connectivity index (χ3v) is 3.97. The lowest BCUT2D eigenvalue weighted by Gasteiger charge is -2.19. The molecule has 0 amide bonds. The maximum absolute atomic E-state index is 10.3. The number of rotatable bonds is 2. The molecular formula is C10H11NOS2. The normalized spacial score (nSPS) is 15.4. The Balaban J connectivity index is 2.42. The van der Waals surface area contributed by atoms with Crippen LogP contribution in [0.15, 0.2) is 22.9 Å². The topological polar surface area (TPSA) is 33.1 Å². The maximum Gasteiger partial charge on any atom is 0.123 e. The van der Waals surface area contributed by atoms with Crippen molar-refractivity contribution < 1.29 is 5.11 Å². The zero-order chi connectivity index (χ0) is 10.2. The molecule has 2 heterocycles. The van der Waals surface area contributed by atoms with Crippen LogP contribution in [0.2, 0.25) is 0 Å². The highest BCUT2D eigenvalue weighted by Crippen LogP contribution is 2.33. The van der Waals surface area contributed by atoms with Crippen LogP contribution in [0.3, 0.4) is 0 Å². The molecular weight excluding hydrogens is 214 g/mol. The van der Waals surface area contributed by atoms with E-state index in [1.54, 1.807) is 11.3 Å². The summed E-state index contributed by atoms with van der Waals surface area (Å²) < 4.78 is 4.18. The van der Waals surface area contributed by atoms with E-state index in [9.17, 15) is 5.11 Å². The summed E-state index contributed by atoms with van der Waals surface area (Å²) in [5, 5.41) is 14.3. The average Bonchev–Trinajstić information content (AvgIpc) is 2.72. The van der Waals surface area contributed by atoms with Gasteiger partial charge in [-0.15, -0.1) is 0 Å². The van der Waals surface area contributed by atoms with E-state index in [4.69, 9.17) is 0 Å². The summed E-state index contributed by atoms with van der Waals surface area (Å²) in [6.45, 7) is 3.74. The average molecular weight is 225 g/mol. The van der Waals surface area contributed by atoms with Gasteiger partial charge in [-0.3, -0.25) is 0 Å². The van der Waals surface area contributed by atoms with Gasteiger partial charge in [0, 0.05) is 0 Å². The molecule has 2 nitrogen and oxygen atoms in total. The molecule has 14 heavy (non-hydrogen) atoms. The molecule has 0 bridgehead atoms. The van der Waals surface area contributed by atoms with Crippen molar-refractivity contribution >= 4 is 22.9 Å². The third kappa shape index (κ3) is 1.61. The predicted molar refractivity (Wildman–Crippen MR) is 59.8 cm³/mol. The van der Waals surface area contributed by atoms with Crippen molar-refractivity contribution in [2.45, 2.75) is 19.4 Å². The smallest absolute Gasteiger partial charge is 0.123 e. The van der Waals surface area contributed by atoms with Crippen molar-refractivity contribution in [3.63, 3.8) is 0 Å². The van der Waals surface area contributed by atoms with Gasteiger partial charge in [-0.2, -0.15) is 15.7 Å². The predicted octanol–water partition coefficient (Wildman–Crippen LogP) is 2.77.